The number of anilines is 1. The SMILES string of the molecule is CC(C)(C)[C@H](N)C(=O)Nc1ccc(C#N)c(C(F)(F)F)c1. The van der Waals surface area contributed by atoms with Crippen molar-refractivity contribution in [2.75, 3.05) is 5.32 Å². The molecule has 0 fully saturated rings. The summed E-state index contributed by atoms with van der Waals surface area (Å²) >= 11 is 0. The van der Waals surface area contributed by atoms with Crippen LogP contribution in [0.4, 0.5) is 18.9 Å². The number of halogens is 3. The number of nitriles is 1. The number of nitrogens with two attached hydrogens (primary N) is 1. The lowest BCUT2D eigenvalue weighted by Crippen LogP contribution is -2.45. The van der Waals surface area contributed by atoms with Crippen LogP contribution >= 0.6 is 0 Å². The van der Waals surface area contributed by atoms with Gasteiger partial charge in [-0.1, -0.05) is 20.8 Å². The summed E-state index contributed by atoms with van der Waals surface area (Å²) in [4.78, 5) is 11.9. The average Bonchev–Trinajstić information content (AvgIpc) is 2.35. The molecule has 0 aliphatic rings. The molecule has 7 heteroatoms. The summed E-state index contributed by atoms with van der Waals surface area (Å²) in [5.74, 6) is -0.583. The monoisotopic (exact) mass is 299 g/mol. The fraction of sp³-hybridized carbons (Fsp3) is 0.429. The molecule has 3 N–H and O–H groups in total. The van der Waals surface area contributed by atoms with Crippen LogP contribution in [-0.4, -0.2) is 11.9 Å². The maximum absolute atomic E-state index is 12.8. The van der Waals surface area contributed by atoms with Gasteiger partial charge in [0.15, 0.2) is 0 Å². The van der Waals surface area contributed by atoms with Crippen molar-refractivity contribution in [3.8, 4) is 6.07 Å². The van der Waals surface area contributed by atoms with E-state index in [1.165, 1.54) is 12.1 Å². The van der Waals surface area contributed by atoms with Crippen molar-refractivity contribution in [3.05, 3.63) is 29.3 Å². The number of benzene rings is 1. The predicted molar refractivity (Wildman–Crippen MR) is 72.2 cm³/mol. The largest absolute Gasteiger partial charge is 0.417 e. The van der Waals surface area contributed by atoms with Crippen molar-refractivity contribution in [1.82, 2.24) is 0 Å². The van der Waals surface area contributed by atoms with Crippen LogP contribution in [-0.2, 0) is 11.0 Å². The van der Waals surface area contributed by atoms with E-state index < -0.39 is 34.7 Å². The number of hydrogen-bond donors (Lipinski definition) is 2. The molecular formula is C14H16F3N3O. The van der Waals surface area contributed by atoms with Gasteiger partial charge in [0.2, 0.25) is 5.91 Å². The van der Waals surface area contributed by atoms with Gasteiger partial charge in [-0.05, 0) is 23.6 Å². The molecule has 0 saturated carbocycles. The zero-order valence-electron chi connectivity index (χ0n) is 11.9. The third kappa shape index (κ3) is 4.20. The molecular weight excluding hydrogens is 283 g/mol. The fourth-order valence-electron chi connectivity index (χ4n) is 1.57. The molecule has 0 saturated heterocycles. The smallest absolute Gasteiger partial charge is 0.325 e. The molecule has 1 atom stereocenters. The van der Waals surface area contributed by atoms with E-state index in [0.29, 0.717) is 0 Å². The summed E-state index contributed by atoms with van der Waals surface area (Å²) in [5, 5.41) is 11.0. The molecule has 0 bridgehead atoms. The van der Waals surface area contributed by atoms with E-state index in [0.717, 1.165) is 12.1 Å². The van der Waals surface area contributed by atoms with E-state index in [-0.39, 0.29) is 5.69 Å². The van der Waals surface area contributed by atoms with Crippen molar-refractivity contribution >= 4 is 11.6 Å². The molecule has 0 spiro atoms. The highest BCUT2D eigenvalue weighted by Crippen LogP contribution is 2.33. The molecule has 0 aliphatic carbocycles. The number of hydrogen-bond acceptors (Lipinski definition) is 3. The van der Waals surface area contributed by atoms with Gasteiger partial charge in [0.05, 0.1) is 23.2 Å². The Morgan fingerprint density at radius 1 is 1.33 bits per heavy atom. The van der Waals surface area contributed by atoms with Gasteiger partial charge in [-0.15, -0.1) is 0 Å². The minimum Gasteiger partial charge on any atom is -0.325 e. The van der Waals surface area contributed by atoms with E-state index in [1.807, 2.05) is 0 Å². The normalized spacial score (nSPS) is 13.4. The van der Waals surface area contributed by atoms with Crippen LogP contribution in [0.15, 0.2) is 18.2 Å². The van der Waals surface area contributed by atoms with Crippen molar-refractivity contribution < 1.29 is 18.0 Å². The maximum atomic E-state index is 12.8. The third-order valence-electron chi connectivity index (χ3n) is 2.93. The van der Waals surface area contributed by atoms with E-state index in [9.17, 15) is 18.0 Å². The Bertz CT molecular complexity index is 583. The van der Waals surface area contributed by atoms with Crippen LogP contribution in [0.2, 0.25) is 0 Å². The number of nitrogens with one attached hydrogen (secondary N) is 1. The summed E-state index contributed by atoms with van der Waals surface area (Å²) in [6.45, 7) is 5.24. The van der Waals surface area contributed by atoms with Crippen molar-refractivity contribution in [3.63, 3.8) is 0 Å². The second-order valence-electron chi connectivity index (χ2n) is 5.70. The van der Waals surface area contributed by atoms with Gasteiger partial charge in [-0.3, -0.25) is 4.79 Å². The third-order valence-corrected chi connectivity index (χ3v) is 2.93. The number of amides is 1. The Morgan fingerprint density at radius 3 is 2.33 bits per heavy atom. The summed E-state index contributed by atoms with van der Waals surface area (Å²) in [6, 6.07) is 3.58. The number of rotatable bonds is 2. The number of alkyl halides is 3. The lowest BCUT2D eigenvalue weighted by Gasteiger charge is -2.26. The topological polar surface area (TPSA) is 78.9 Å². The molecule has 0 radical (unpaired) electrons. The van der Waals surface area contributed by atoms with Gasteiger partial charge in [-0.25, -0.2) is 0 Å². The number of carbonyl (C=O) groups excluding carboxylic acids is 1. The molecule has 1 aromatic rings. The molecule has 4 nitrogen and oxygen atoms in total. The molecule has 0 unspecified atom stereocenters. The van der Waals surface area contributed by atoms with Crippen LogP contribution in [0.5, 0.6) is 0 Å². The Balaban J connectivity index is 3.07. The molecule has 1 rings (SSSR count). The van der Waals surface area contributed by atoms with Gasteiger partial charge in [0.25, 0.3) is 0 Å². The average molecular weight is 299 g/mol. The first-order chi connectivity index (χ1) is 9.46. The Kier molecular flexibility index (Phi) is 4.64. The summed E-state index contributed by atoms with van der Waals surface area (Å²) in [6.07, 6.45) is -4.67. The molecule has 21 heavy (non-hydrogen) atoms. The Labute approximate surface area is 120 Å². The molecule has 1 aromatic carbocycles. The van der Waals surface area contributed by atoms with Gasteiger partial charge >= 0.3 is 6.18 Å². The highest BCUT2D eigenvalue weighted by Gasteiger charge is 2.34. The van der Waals surface area contributed by atoms with Crippen LogP contribution in [0.25, 0.3) is 0 Å². The van der Waals surface area contributed by atoms with E-state index in [1.54, 1.807) is 20.8 Å². The Hall–Kier alpha value is -2.07. The van der Waals surface area contributed by atoms with Crippen LogP contribution < -0.4 is 11.1 Å². The van der Waals surface area contributed by atoms with E-state index >= 15 is 0 Å². The zero-order chi connectivity index (χ0) is 16.4. The molecule has 0 aromatic heterocycles. The molecule has 0 aliphatic heterocycles. The van der Waals surface area contributed by atoms with Crippen LogP contribution in [0.3, 0.4) is 0 Å². The minimum absolute atomic E-state index is 0.0500. The second kappa shape index (κ2) is 5.74. The van der Waals surface area contributed by atoms with Crippen LogP contribution in [0, 0.1) is 16.7 Å². The Morgan fingerprint density at radius 2 is 1.90 bits per heavy atom. The quantitative estimate of drug-likeness (QED) is 0.881. The van der Waals surface area contributed by atoms with Gasteiger partial charge in [-0.2, -0.15) is 18.4 Å². The fourth-order valence-corrected chi connectivity index (χ4v) is 1.57. The van der Waals surface area contributed by atoms with E-state index in [2.05, 4.69) is 5.32 Å². The standard InChI is InChI=1S/C14H16F3N3O/c1-13(2,3)11(19)12(21)20-9-5-4-8(7-18)10(6-9)14(15,16)17/h4-6,11H,19H2,1-3H3,(H,20,21)/t11-/m1/s1. The number of carbonyl (C=O) groups is 1. The first kappa shape index (κ1) is 17.0. The molecule has 0 heterocycles. The first-order valence-electron chi connectivity index (χ1n) is 6.14. The van der Waals surface area contributed by atoms with Gasteiger partial charge < -0.3 is 11.1 Å². The maximum Gasteiger partial charge on any atom is 0.417 e. The summed E-state index contributed by atoms with van der Waals surface area (Å²) in [5.41, 5.74) is 3.57. The van der Waals surface area contributed by atoms with Crippen molar-refractivity contribution in [2.24, 2.45) is 11.1 Å². The van der Waals surface area contributed by atoms with Crippen molar-refractivity contribution in [2.45, 2.75) is 33.0 Å². The second-order valence-corrected chi connectivity index (χ2v) is 5.70. The summed E-state index contributed by atoms with van der Waals surface area (Å²) < 4.78 is 38.4. The number of nitrogens with zero attached hydrogens (tertiary/aromatic N) is 1. The first-order valence-corrected chi connectivity index (χ1v) is 6.14. The lowest BCUT2D eigenvalue weighted by molar-refractivity contribution is -0.137. The van der Waals surface area contributed by atoms with Crippen molar-refractivity contribution in [1.29, 1.82) is 5.26 Å². The summed E-state index contributed by atoms with van der Waals surface area (Å²) in [7, 11) is 0. The van der Waals surface area contributed by atoms with Crippen LogP contribution in [0.1, 0.15) is 31.9 Å². The van der Waals surface area contributed by atoms with Gasteiger partial charge in [0.1, 0.15) is 0 Å². The predicted octanol–water partition coefficient (Wildman–Crippen LogP) is 2.89. The zero-order valence-corrected chi connectivity index (χ0v) is 11.9. The van der Waals surface area contributed by atoms with E-state index in [4.69, 9.17) is 11.0 Å². The lowest BCUT2D eigenvalue weighted by atomic mass is 9.87. The van der Waals surface area contributed by atoms with Gasteiger partial charge in [0, 0.05) is 5.69 Å². The minimum atomic E-state index is -4.67. The molecule has 1 amide bonds. The molecule has 114 valence electrons. The highest BCUT2D eigenvalue weighted by molar-refractivity contribution is 5.95. The highest BCUT2D eigenvalue weighted by atomic mass is 19.4.